The van der Waals surface area contributed by atoms with Gasteiger partial charge >= 0.3 is 0 Å². The van der Waals surface area contributed by atoms with Gasteiger partial charge in [0.2, 0.25) is 5.91 Å². The number of carbonyl (C=O) groups excluding carboxylic acids is 1. The lowest BCUT2D eigenvalue weighted by Crippen LogP contribution is -2.40. The lowest BCUT2D eigenvalue weighted by Gasteiger charge is -2.22. The monoisotopic (exact) mass is 214 g/mol. The third-order valence-corrected chi connectivity index (χ3v) is 2.85. The average Bonchev–Trinajstić information content (AvgIpc) is 2.66. The van der Waals surface area contributed by atoms with E-state index in [0.29, 0.717) is 12.5 Å². The van der Waals surface area contributed by atoms with E-state index in [4.69, 9.17) is 4.74 Å². The van der Waals surface area contributed by atoms with Crippen molar-refractivity contribution in [1.29, 1.82) is 0 Å². The highest BCUT2D eigenvalue weighted by atomic mass is 16.5. The summed E-state index contributed by atoms with van der Waals surface area (Å²) in [5, 5.41) is 6.28. The van der Waals surface area contributed by atoms with E-state index in [1.165, 1.54) is 6.42 Å². The lowest BCUT2D eigenvalue weighted by atomic mass is 10.0. The van der Waals surface area contributed by atoms with E-state index in [0.717, 1.165) is 19.5 Å². The second-order valence-corrected chi connectivity index (χ2v) is 4.74. The van der Waals surface area contributed by atoms with Gasteiger partial charge in [0, 0.05) is 19.7 Å². The van der Waals surface area contributed by atoms with E-state index in [9.17, 15) is 4.79 Å². The molecule has 15 heavy (non-hydrogen) atoms. The van der Waals surface area contributed by atoms with Gasteiger partial charge in [0.25, 0.3) is 0 Å². The zero-order valence-electron chi connectivity index (χ0n) is 9.93. The van der Waals surface area contributed by atoms with Gasteiger partial charge in [0.05, 0.1) is 12.0 Å². The first kappa shape index (κ1) is 12.5. The third-order valence-electron chi connectivity index (χ3n) is 2.85. The van der Waals surface area contributed by atoms with Gasteiger partial charge < -0.3 is 15.4 Å². The van der Waals surface area contributed by atoms with Crippen LogP contribution in [0.15, 0.2) is 0 Å². The van der Waals surface area contributed by atoms with Crippen LogP contribution in [0.4, 0.5) is 0 Å². The zero-order valence-corrected chi connectivity index (χ0v) is 9.93. The summed E-state index contributed by atoms with van der Waals surface area (Å²) in [6, 6.07) is 0.458. The standard InChI is InChI=1S/C11H22N2O2/c1-11(2,15-3)7-10(14)13-8-9-5-4-6-12-9/h9,12H,4-8H2,1-3H3,(H,13,14). The van der Waals surface area contributed by atoms with E-state index in [2.05, 4.69) is 10.6 Å². The van der Waals surface area contributed by atoms with Gasteiger partial charge in [0.1, 0.15) is 0 Å². The minimum absolute atomic E-state index is 0.0653. The van der Waals surface area contributed by atoms with Gasteiger partial charge in [0.15, 0.2) is 0 Å². The van der Waals surface area contributed by atoms with Crippen LogP contribution in [-0.2, 0) is 9.53 Å². The van der Waals surface area contributed by atoms with Crippen LogP contribution >= 0.6 is 0 Å². The third kappa shape index (κ3) is 4.62. The predicted octanol–water partition coefficient (Wildman–Crippen LogP) is 0.670. The fourth-order valence-electron chi connectivity index (χ4n) is 1.69. The predicted molar refractivity (Wildman–Crippen MR) is 59.7 cm³/mol. The average molecular weight is 214 g/mol. The van der Waals surface area contributed by atoms with Crippen molar-refractivity contribution in [2.75, 3.05) is 20.2 Å². The molecule has 1 heterocycles. The Morgan fingerprint density at radius 1 is 1.60 bits per heavy atom. The second-order valence-electron chi connectivity index (χ2n) is 4.74. The number of carbonyl (C=O) groups is 1. The maximum atomic E-state index is 11.6. The molecule has 0 aromatic rings. The molecule has 1 rings (SSSR count). The van der Waals surface area contributed by atoms with E-state index >= 15 is 0 Å². The molecular formula is C11H22N2O2. The number of hydrogen-bond donors (Lipinski definition) is 2. The van der Waals surface area contributed by atoms with Gasteiger partial charge in [-0.15, -0.1) is 0 Å². The molecule has 1 aliphatic heterocycles. The molecule has 0 saturated carbocycles. The largest absolute Gasteiger partial charge is 0.378 e. The summed E-state index contributed by atoms with van der Waals surface area (Å²) in [6.45, 7) is 5.64. The van der Waals surface area contributed by atoms with Crippen LogP contribution in [0.1, 0.15) is 33.1 Å². The fourth-order valence-corrected chi connectivity index (χ4v) is 1.69. The van der Waals surface area contributed by atoms with Crippen molar-refractivity contribution in [2.24, 2.45) is 0 Å². The smallest absolute Gasteiger partial charge is 0.222 e. The first-order valence-corrected chi connectivity index (χ1v) is 5.59. The fraction of sp³-hybridized carbons (Fsp3) is 0.909. The molecule has 0 aliphatic carbocycles. The van der Waals surface area contributed by atoms with Gasteiger partial charge in [-0.1, -0.05) is 0 Å². The van der Waals surface area contributed by atoms with Crippen molar-refractivity contribution in [3.05, 3.63) is 0 Å². The van der Waals surface area contributed by atoms with E-state index in [1.807, 2.05) is 13.8 Å². The minimum Gasteiger partial charge on any atom is -0.378 e. The van der Waals surface area contributed by atoms with Crippen LogP contribution in [0.25, 0.3) is 0 Å². The van der Waals surface area contributed by atoms with Gasteiger partial charge in [-0.3, -0.25) is 4.79 Å². The van der Waals surface area contributed by atoms with E-state index < -0.39 is 0 Å². The lowest BCUT2D eigenvalue weighted by molar-refractivity contribution is -0.126. The highest BCUT2D eigenvalue weighted by Gasteiger charge is 2.22. The van der Waals surface area contributed by atoms with Crippen LogP contribution < -0.4 is 10.6 Å². The summed E-state index contributed by atoms with van der Waals surface area (Å²) >= 11 is 0. The van der Waals surface area contributed by atoms with Crippen LogP contribution in [0.5, 0.6) is 0 Å². The Morgan fingerprint density at radius 3 is 2.87 bits per heavy atom. The Hall–Kier alpha value is -0.610. The molecule has 0 aromatic carbocycles. The molecule has 1 atom stereocenters. The molecule has 1 fully saturated rings. The quantitative estimate of drug-likeness (QED) is 0.707. The molecule has 1 amide bonds. The molecule has 1 aliphatic rings. The van der Waals surface area contributed by atoms with Crippen molar-refractivity contribution >= 4 is 5.91 Å². The molecule has 0 bridgehead atoms. The summed E-state index contributed by atoms with van der Waals surface area (Å²) in [5.74, 6) is 0.0653. The second kappa shape index (κ2) is 5.47. The van der Waals surface area contributed by atoms with Crippen LogP contribution in [0, 0.1) is 0 Å². The summed E-state index contributed by atoms with van der Waals surface area (Å²) in [7, 11) is 1.63. The van der Waals surface area contributed by atoms with Crippen LogP contribution in [0.2, 0.25) is 0 Å². The first-order chi connectivity index (χ1) is 7.03. The van der Waals surface area contributed by atoms with Crippen molar-refractivity contribution < 1.29 is 9.53 Å². The van der Waals surface area contributed by atoms with Gasteiger partial charge in [-0.25, -0.2) is 0 Å². The number of rotatable bonds is 5. The van der Waals surface area contributed by atoms with Crippen molar-refractivity contribution in [3.63, 3.8) is 0 Å². The summed E-state index contributed by atoms with van der Waals surface area (Å²) in [4.78, 5) is 11.6. The van der Waals surface area contributed by atoms with E-state index in [1.54, 1.807) is 7.11 Å². The van der Waals surface area contributed by atoms with Crippen molar-refractivity contribution in [1.82, 2.24) is 10.6 Å². The van der Waals surface area contributed by atoms with Gasteiger partial charge in [-0.05, 0) is 33.2 Å². The maximum Gasteiger partial charge on any atom is 0.222 e. The molecule has 1 saturated heterocycles. The Kier molecular flexibility index (Phi) is 4.54. The maximum absolute atomic E-state index is 11.6. The topological polar surface area (TPSA) is 50.4 Å². The number of nitrogens with one attached hydrogen (secondary N) is 2. The SMILES string of the molecule is COC(C)(C)CC(=O)NCC1CCCN1. The summed E-state index contributed by atoms with van der Waals surface area (Å²) in [5.41, 5.74) is -0.368. The summed E-state index contributed by atoms with van der Waals surface area (Å²) < 4.78 is 5.20. The minimum atomic E-state index is -0.368. The Morgan fingerprint density at radius 2 is 2.33 bits per heavy atom. The molecule has 0 aromatic heterocycles. The van der Waals surface area contributed by atoms with Crippen molar-refractivity contribution in [3.8, 4) is 0 Å². The molecule has 2 N–H and O–H groups in total. The number of hydrogen-bond acceptors (Lipinski definition) is 3. The Labute approximate surface area is 91.8 Å². The number of ether oxygens (including phenoxy) is 1. The number of methoxy groups -OCH3 is 1. The van der Waals surface area contributed by atoms with E-state index in [-0.39, 0.29) is 11.5 Å². The normalized spacial score (nSPS) is 21.7. The first-order valence-electron chi connectivity index (χ1n) is 5.59. The number of amides is 1. The molecule has 88 valence electrons. The summed E-state index contributed by atoms with van der Waals surface area (Å²) in [6.07, 6.45) is 2.79. The molecule has 1 unspecified atom stereocenters. The van der Waals surface area contributed by atoms with Crippen LogP contribution in [-0.4, -0.2) is 37.7 Å². The molecule has 0 spiro atoms. The highest BCUT2D eigenvalue weighted by Crippen LogP contribution is 2.12. The molecule has 4 nitrogen and oxygen atoms in total. The zero-order chi connectivity index (χ0) is 11.3. The molecule has 4 heteroatoms. The Balaban J connectivity index is 2.18. The van der Waals surface area contributed by atoms with Gasteiger partial charge in [-0.2, -0.15) is 0 Å². The van der Waals surface area contributed by atoms with Crippen LogP contribution in [0.3, 0.4) is 0 Å². The molecule has 0 radical (unpaired) electrons. The van der Waals surface area contributed by atoms with Crippen molar-refractivity contribution in [2.45, 2.75) is 44.8 Å². The highest BCUT2D eigenvalue weighted by molar-refractivity contribution is 5.76. The Bertz CT molecular complexity index is 211. The molecular weight excluding hydrogens is 192 g/mol.